The van der Waals surface area contributed by atoms with Crippen molar-refractivity contribution in [1.29, 1.82) is 0 Å². The standard InChI is InChI=1S/C56H88O23/c1-25-47(74-42-21-37(65-10)50(28(4)71-42)77-52-46(62)45(61)44(60)38(22-57)73-52)34(59)18-40(68-25)75-48-27(3)70-43(20-36(48)64-9)76-49-26(2)69-41(19-35(49)63-8)72-31-13-16-55(24-66-29(5)58)30(17-31)11-12-33-32(55)14-15-53(6)51-39-23-67-54(51,7)79-56(33,53)78-39/h11,25-28,31-52,57,59-62H,12-24H2,1-10H3/t25-,26-,27-,28-,31+,32+,33-,34-,35+,36+,37-,38-,39-,40+,41+,42+,43+,44-,45+,46-,47-,48-,49-,50-,51+,52+,53-,54+,55-,56+/m1/s1. The topological polar surface area (TPSA) is 275 Å². The van der Waals surface area contributed by atoms with Crippen molar-refractivity contribution < 1.29 is 111 Å². The van der Waals surface area contributed by atoms with Crippen LogP contribution in [0.1, 0.15) is 113 Å². The van der Waals surface area contributed by atoms with Gasteiger partial charge in [-0.15, -0.1) is 0 Å². The maximum Gasteiger partial charge on any atom is 0.302 e. The molecule has 0 aromatic rings. The smallest absolute Gasteiger partial charge is 0.302 e. The highest BCUT2D eigenvalue weighted by atomic mass is 16.8. The fourth-order valence-electron chi connectivity index (χ4n) is 16.4. The van der Waals surface area contributed by atoms with E-state index in [2.05, 4.69) is 19.9 Å². The van der Waals surface area contributed by atoms with Crippen molar-refractivity contribution in [3.8, 4) is 0 Å². The minimum absolute atomic E-state index is 0.0248. The predicted octanol–water partition coefficient (Wildman–Crippen LogP) is 2.24. The molecule has 0 spiro atoms. The van der Waals surface area contributed by atoms with Crippen molar-refractivity contribution in [1.82, 2.24) is 0 Å². The van der Waals surface area contributed by atoms with Gasteiger partial charge in [0.2, 0.25) is 0 Å². The van der Waals surface area contributed by atoms with Gasteiger partial charge in [0.25, 0.3) is 0 Å². The number of aliphatic hydroxyl groups is 5. The molecule has 79 heavy (non-hydrogen) atoms. The molecule has 0 amide bonds. The molecule has 0 radical (unpaired) electrons. The Bertz CT molecular complexity index is 2140. The largest absolute Gasteiger partial charge is 0.465 e. The molecule has 30 atom stereocenters. The second-order valence-electron chi connectivity index (χ2n) is 24.8. The van der Waals surface area contributed by atoms with Crippen molar-refractivity contribution >= 4 is 5.97 Å². The maximum absolute atomic E-state index is 12.4. The van der Waals surface area contributed by atoms with Crippen LogP contribution in [0.3, 0.4) is 0 Å². The number of esters is 1. The van der Waals surface area contributed by atoms with Gasteiger partial charge >= 0.3 is 5.97 Å². The first-order chi connectivity index (χ1) is 37.7. The lowest BCUT2D eigenvalue weighted by Crippen LogP contribution is -2.62. The Hall–Kier alpha value is -1.63. The van der Waals surface area contributed by atoms with Crippen LogP contribution in [0.5, 0.6) is 0 Å². The Morgan fingerprint density at radius 2 is 1.23 bits per heavy atom. The number of allylic oxidation sites excluding steroid dienone is 1. The molecule has 11 rings (SSSR count). The van der Waals surface area contributed by atoms with Crippen LogP contribution in [0.25, 0.3) is 0 Å². The van der Waals surface area contributed by atoms with Crippen LogP contribution >= 0.6 is 0 Å². The van der Waals surface area contributed by atoms with Crippen LogP contribution in [-0.4, -0.2) is 226 Å². The molecular formula is C56H88O23. The van der Waals surface area contributed by atoms with Gasteiger partial charge in [-0.3, -0.25) is 4.79 Å². The molecule has 8 heterocycles. The average molecular weight is 1130 g/mol. The molecule has 11 aliphatic rings. The number of ether oxygens (including phenoxy) is 17. The second-order valence-corrected chi connectivity index (χ2v) is 24.8. The summed E-state index contributed by atoms with van der Waals surface area (Å²) in [5.74, 6) is -1.18. The highest BCUT2D eigenvalue weighted by Crippen LogP contribution is 2.76. The van der Waals surface area contributed by atoms with Crippen LogP contribution in [0.15, 0.2) is 11.6 Å². The van der Waals surface area contributed by atoms with E-state index in [1.54, 1.807) is 28.1 Å². The number of methoxy groups -OCH3 is 3. The van der Waals surface area contributed by atoms with Gasteiger partial charge in [0, 0.05) is 70.7 Å². The number of rotatable bonds is 16. The summed E-state index contributed by atoms with van der Waals surface area (Å²) in [4.78, 5) is 12.4. The van der Waals surface area contributed by atoms with E-state index in [1.807, 2.05) is 13.8 Å². The molecule has 3 aliphatic carbocycles. The van der Waals surface area contributed by atoms with Crippen LogP contribution in [-0.2, 0) is 85.3 Å². The lowest BCUT2D eigenvalue weighted by molar-refractivity contribution is -0.359. The summed E-state index contributed by atoms with van der Waals surface area (Å²) in [6.07, 6.45) is -9.15. The van der Waals surface area contributed by atoms with Crippen LogP contribution in [0.4, 0.5) is 0 Å². The van der Waals surface area contributed by atoms with E-state index in [1.165, 1.54) is 19.6 Å². The zero-order valence-electron chi connectivity index (χ0n) is 47.4. The minimum Gasteiger partial charge on any atom is -0.465 e. The molecular weight excluding hydrogens is 1040 g/mol. The van der Waals surface area contributed by atoms with Gasteiger partial charge in [0.1, 0.15) is 55.4 Å². The first-order valence-electron chi connectivity index (χ1n) is 29.0. The van der Waals surface area contributed by atoms with E-state index < -0.39 is 141 Å². The van der Waals surface area contributed by atoms with E-state index in [-0.39, 0.29) is 65.7 Å². The summed E-state index contributed by atoms with van der Waals surface area (Å²) in [6.45, 7) is 13.5. The zero-order chi connectivity index (χ0) is 56.1. The maximum atomic E-state index is 12.4. The monoisotopic (exact) mass is 1130 g/mol. The molecule has 0 unspecified atom stereocenters. The van der Waals surface area contributed by atoms with Gasteiger partial charge in [-0.05, 0) is 79.1 Å². The quantitative estimate of drug-likeness (QED) is 0.110. The van der Waals surface area contributed by atoms with Crippen LogP contribution in [0.2, 0.25) is 0 Å². The van der Waals surface area contributed by atoms with E-state index in [0.717, 1.165) is 32.1 Å². The molecule has 450 valence electrons. The van der Waals surface area contributed by atoms with Gasteiger partial charge in [0.05, 0.1) is 80.2 Å². The molecule has 2 bridgehead atoms. The van der Waals surface area contributed by atoms with Gasteiger partial charge in [0.15, 0.2) is 43.0 Å². The van der Waals surface area contributed by atoms with Crippen molar-refractivity contribution in [2.45, 2.75) is 266 Å². The summed E-state index contributed by atoms with van der Waals surface area (Å²) in [7, 11) is 4.77. The highest BCUT2D eigenvalue weighted by Gasteiger charge is 2.83. The Morgan fingerprint density at radius 1 is 0.671 bits per heavy atom. The van der Waals surface area contributed by atoms with E-state index >= 15 is 0 Å². The second kappa shape index (κ2) is 23.0. The van der Waals surface area contributed by atoms with Crippen molar-refractivity contribution in [2.75, 3.05) is 41.2 Å². The average Bonchev–Trinajstić information content (AvgIpc) is 1.80. The lowest BCUT2D eigenvalue weighted by atomic mass is 9.47. The van der Waals surface area contributed by atoms with E-state index in [4.69, 9.17) is 80.5 Å². The summed E-state index contributed by atoms with van der Waals surface area (Å²) < 4.78 is 108. The predicted molar refractivity (Wildman–Crippen MR) is 269 cm³/mol. The molecule has 8 aliphatic heterocycles. The van der Waals surface area contributed by atoms with Crippen molar-refractivity contribution in [3.05, 3.63) is 11.6 Å². The van der Waals surface area contributed by atoms with Gasteiger partial charge in [-0.2, -0.15) is 0 Å². The van der Waals surface area contributed by atoms with Crippen molar-refractivity contribution in [2.24, 2.45) is 28.6 Å². The molecule has 23 heteroatoms. The molecule has 8 saturated heterocycles. The Kier molecular flexibility index (Phi) is 17.2. The number of carbonyl (C=O) groups is 1. The van der Waals surface area contributed by atoms with Gasteiger partial charge < -0.3 is 106 Å². The third kappa shape index (κ3) is 10.4. The third-order valence-corrected chi connectivity index (χ3v) is 20.3. The molecule has 2 saturated carbocycles. The third-order valence-electron chi connectivity index (χ3n) is 20.3. The first kappa shape index (κ1) is 59.1. The summed E-state index contributed by atoms with van der Waals surface area (Å²) in [6, 6.07) is 0. The molecule has 0 aromatic carbocycles. The van der Waals surface area contributed by atoms with Crippen molar-refractivity contribution in [3.63, 3.8) is 0 Å². The molecule has 5 N–H and O–H groups in total. The Labute approximate surface area is 462 Å². The number of fused-ring (bicyclic) bond motifs is 3. The number of hydrogen-bond donors (Lipinski definition) is 5. The van der Waals surface area contributed by atoms with Crippen LogP contribution in [0, 0.1) is 28.6 Å². The van der Waals surface area contributed by atoms with Gasteiger partial charge in [-0.25, -0.2) is 0 Å². The summed E-state index contributed by atoms with van der Waals surface area (Å²) in [5, 5.41) is 52.2. The first-order valence-corrected chi connectivity index (χ1v) is 29.0. The fraction of sp³-hybridized carbons (Fsp3) is 0.946. The zero-order valence-corrected chi connectivity index (χ0v) is 47.4. The molecule has 0 aromatic heterocycles. The fourth-order valence-corrected chi connectivity index (χ4v) is 16.4. The summed E-state index contributed by atoms with van der Waals surface area (Å²) in [5.41, 5.74) is 0.766. The minimum atomic E-state index is -1.61. The normalized spacial score (nSPS) is 54.1. The van der Waals surface area contributed by atoms with Gasteiger partial charge in [-0.1, -0.05) is 18.6 Å². The Morgan fingerprint density at radius 3 is 1.78 bits per heavy atom. The number of aliphatic hydroxyl groups excluding tert-OH is 5. The number of carbonyl (C=O) groups excluding carboxylic acids is 1. The summed E-state index contributed by atoms with van der Waals surface area (Å²) >= 11 is 0. The molecule has 10 fully saturated rings. The van der Waals surface area contributed by atoms with E-state index in [9.17, 15) is 30.3 Å². The lowest BCUT2D eigenvalue weighted by Gasteiger charge is -2.60. The van der Waals surface area contributed by atoms with Crippen LogP contribution < -0.4 is 0 Å². The molecule has 23 nitrogen and oxygen atoms in total. The SMILES string of the molecule is CO[C@H]1C[C@H](O[C@H]2CC[C@@]3(COC(C)=O)C(=CC[C@@H]4[C@@H]3CC[C@]3(C)[C@@H]5[C@H]6CO[C@@]5(C)O[C@@]43O6)C2)O[C@H](C)[C@H]1O[C@H]1C[C@H](OC)[C@H](O[C@H]2C[C@@H](O)[C@H](O[C@H]3C[C@@H](OC)[C@H](O[C@@H]4O[C@H](CO)[C@@H](O)[C@H](O)[C@H]4O)[C@@H](C)O3)[C@@H](C)O2)[C@@H](C)O1. The highest BCUT2D eigenvalue weighted by molar-refractivity contribution is 5.66. The number of hydrogen-bond acceptors (Lipinski definition) is 23. The Balaban J connectivity index is 0.661. The van der Waals surface area contributed by atoms with E-state index in [0.29, 0.717) is 32.5 Å².